The molecule has 1 amide bonds. The minimum absolute atomic E-state index is 0.273. The Balaban J connectivity index is 1.77. The summed E-state index contributed by atoms with van der Waals surface area (Å²) in [5.74, 6) is 0.641. The van der Waals surface area contributed by atoms with Crippen LogP contribution in [0, 0.1) is 5.92 Å². The minimum atomic E-state index is -0.404. The van der Waals surface area contributed by atoms with Crippen molar-refractivity contribution in [2.24, 2.45) is 5.92 Å². The molecular formula is C10H18N2O2. The summed E-state index contributed by atoms with van der Waals surface area (Å²) >= 11 is 0. The second-order valence-corrected chi connectivity index (χ2v) is 5.17. The van der Waals surface area contributed by atoms with Crippen LogP contribution in [0.25, 0.3) is 0 Å². The van der Waals surface area contributed by atoms with Gasteiger partial charge in [0.25, 0.3) is 0 Å². The van der Waals surface area contributed by atoms with Gasteiger partial charge in [0.05, 0.1) is 0 Å². The molecule has 14 heavy (non-hydrogen) atoms. The summed E-state index contributed by atoms with van der Waals surface area (Å²) in [5, 5.41) is 6.24. The van der Waals surface area contributed by atoms with Crippen LogP contribution < -0.4 is 10.6 Å². The van der Waals surface area contributed by atoms with Gasteiger partial charge in [-0.3, -0.25) is 0 Å². The van der Waals surface area contributed by atoms with Gasteiger partial charge >= 0.3 is 6.09 Å². The summed E-state index contributed by atoms with van der Waals surface area (Å²) in [6.45, 7) is 6.51. The first-order valence-electron chi connectivity index (χ1n) is 5.18. The lowest BCUT2D eigenvalue weighted by atomic mass is 10.2. The maximum Gasteiger partial charge on any atom is 0.407 e. The third-order valence-corrected chi connectivity index (χ3v) is 2.66. The smallest absolute Gasteiger partial charge is 0.407 e. The number of nitrogens with one attached hydrogen (secondary N) is 2. The van der Waals surface area contributed by atoms with Gasteiger partial charge in [-0.2, -0.15) is 0 Å². The second kappa shape index (κ2) is 3.12. The first-order valence-corrected chi connectivity index (χ1v) is 5.18. The highest BCUT2D eigenvalue weighted by molar-refractivity contribution is 5.68. The van der Waals surface area contributed by atoms with E-state index in [0.717, 1.165) is 6.54 Å². The molecule has 2 rings (SSSR count). The van der Waals surface area contributed by atoms with Crippen LogP contribution in [0.5, 0.6) is 0 Å². The van der Waals surface area contributed by atoms with Crippen molar-refractivity contribution in [3.63, 3.8) is 0 Å². The van der Waals surface area contributed by atoms with Gasteiger partial charge in [0.1, 0.15) is 5.60 Å². The van der Waals surface area contributed by atoms with E-state index in [1.54, 1.807) is 0 Å². The molecule has 0 radical (unpaired) electrons. The average molecular weight is 198 g/mol. The summed E-state index contributed by atoms with van der Waals surface area (Å²) in [7, 11) is 0. The van der Waals surface area contributed by atoms with E-state index in [-0.39, 0.29) is 12.1 Å². The van der Waals surface area contributed by atoms with Crippen LogP contribution in [0.4, 0.5) is 4.79 Å². The Morgan fingerprint density at radius 2 is 2.21 bits per heavy atom. The zero-order valence-electron chi connectivity index (χ0n) is 8.96. The highest BCUT2D eigenvalue weighted by Gasteiger charge is 2.48. The molecule has 4 heteroatoms. The number of amides is 1. The van der Waals surface area contributed by atoms with Crippen LogP contribution in [0.2, 0.25) is 0 Å². The molecule has 0 aromatic rings. The molecule has 0 spiro atoms. The summed E-state index contributed by atoms with van der Waals surface area (Å²) in [6, 6.07) is 0.921. The maximum atomic E-state index is 11.4. The topological polar surface area (TPSA) is 50.4 Å². The molecule has 2 aliphatic rings. The van der Waals surface area contributed by atoms with E-state index in [9.17, 15) is 4.79 Å². The van der Waals surface area contributed by atoms with E-state index < -0.39 is 5.60 Å². The number of hydrogen-bond acceptors (Lipinski definition) is 3. The fraction of sp³-hybridized carbons (Fsp3) is 0.900. The van der Waals surface area contributed by atoms with Gasteiger partial charge in [0.15, 0.2) is 0 Å². The molecule has 1 aliphatic carbocycles. The molecule has 0 aromatic heterocycles. The molecule has 0 unspecified atom stereocenters. The average Bonchev–Trinajstić information content (AvgIpc) is 2.66. The standard InChI is InChI=1S/C10H18N2O2/c1-10(2,3)14-9(13)12-8-5-11-7-4-6(7)8/h6-8,11H,4-5H2,1-3H3,(H,12,13)/t6-,7+,8+/m0/s1. The van der Waals surface area contributed by atoms with Crippen molar-refractivity contribution < 1.29 is 9.53 Å². The first kappa shape index (κ1) is 9.77. The largest absolute Gasteiger partial charge is 0.444 e. The lowest BCUT2D eigenvalue weighted by Crippen LogP contribution is -2.42. The number of carbonyl (C=O) groups is 1. The van der Waals surface area contributed by atoms with Gasteiger partial charge in [-0.25, -0.2) is 4.79 Å². The minimum Gasteiger partial charge on any atom is -0.444 e. The van der Waals surface area contributed by atoms with E-state index in [0.29, 0.717) is 12.0 Å². The highest BCUT2D eigenvalue weighted by Crippen LogP contribution is 2.38. The number of piperidine rings is 1. The van der Waals surface area contributed by atoms with Gasteiger partial charge in [-0.1, -0.05) is 0 Å². The molecule has 80 valence electrons. The Morgan fingerprint density at radius 1 is 1.50 bits per heavy atom. The third-order valence-electron chi connectivity index (χ3n) is 2.66. The normalized spacial score (nSPS) is 34.9. The quantitative estimate of drug-likeness (QED) is 0.657. The number of ether oxygens (including phenoxy) is 1. The van der Waals surface area contributed by atoms with E-state index in [1.165, 1.54) is 6.42 Å². The van der Waals surface area contributed by atoms with Crippen LogP contribution in [0.15, 0.2) is 0 Å². The molecule has 3 atom stereocenters. The fourth-order valence-corrected chi connectivity index (χ4v) is 1.94. The molecule has 2 N–H and O–H groups in total. The molecule has 0 bridgehead atoms. The van der Waals surface area contributed by atoms with Crippen molar-refractivity contribution in [1.82, 2.24) is 10.6 Å². The third kappa shape index (κ3) is 2.18. The van der Waals surface area contributed by atoms with Crippen molar-refractivity contribution in [3.8, 4) is 0 Å². The van der Waals surface area contributed by atoms with Crippen molar-refractivity contribution in [2.45, 2.75) is 44.9 Å². The lowest BCUT2D eigenvalue weighted by molar-refractivity contribution is 0.0503. The summed E-state index contributed by atoms with van der Waals surface area (Å²) in [4.78, 5) is 11.4. The molecule has 1 heterocycles. The Hall–Kier alpha value is -0.770. The SMILES string of the molecule is CC(C)(C)OC(=O)N[C@@H]1CN[C@@H]2C[C@@H]21. The van der Waals surface area contributed by atoms with Crippen LogP contribution in [-0.2, 0) is 4.74 Å². The number of alkyl carbamates (subject to hydrolysis) is 1. The summed E-state index contributed by atoms with van der Waals surface area (Å²) in [5.41, 5.74) is -0.404. The Labute approximate surface area is 84.4 Å². The van der Waals surface area contributed by atoms with Crippen molar-refractivity contribution in [1.29, 1.82) is 0 Å². The van der Waals surface area contributed by atoms with Crippen LogP contribution in [0.1, 0.15) is 27.2 Å². The fourth-order valence-electron chi connectivity index (χ4n) is 1.94. The first-order chi connectivity index (χ1) is 6.46. The van der Waals surface area contributed by atoms with Crippen molar-refractivity contribution in [3.05, 3.63) is 0 Å². The van der Waals surface area contributed by atoms with Crippen molar-refractivity contribution >= 4 is 6.09 Å². The summed E-state index contributed by atoms with van der Waals surface area (Å²) in [6.07, 6.45) is 0.900. The van der Waals surface area contributed by atoms with Gasteiger partial charge in [0.2, 0.25) is 0 Å². The number of carbonyl (C=O) groups excluding carboxylic acids is 1. The van der Waals surface area contributed by atoms with E-state index in [1.807, 2.05) is 20.8 Å². The molecule has 2 fully saturated rings. The van der Waals surface area contributed by atoms with E-state index in [2.05, 4.69) is 10.6 Å². The zero-order chi connectivity index (χ0) is 10.3. The predicted molar refractivity (Wildman–Crippen MR) is 53.1 cm³/mol. The number of fused-ring (bicyclic) bond motifs is 1. The highest BCUT2D eigenvalue weighted by atomic mass is 16.6. The number of hydrogen-bond donors (Lipinski definition) is 2. The molecule has 1 saturated heterocycles. The van der Waals surface area contributed by atoms with Gasteiger partial charge in [0, 0.05) is 18.6 Å². The zero-order valence-corrected chi connectivity index (χ0v) is 8.96. The van der Waals surface area contributed by atoms with Gasteiger partial charge < -0.3 is 15.4 Å². The molecule has 1 saturated carbocycles. The van der Waals surface area contributed by atoms with Crippen molar-refractivity contribution in [2.75, 3.05) is 6.54 Å². The predicted octanol–water partition coefficient (Wildman–Crippen LogP) is 0.871. The Kier molecular flexibility index (Phi) is 2.18. The Morgan fingerprint density at radius 3 is 2.64 bits per heavy atom. The van der Waals surface area contributed by atoms with Crippen LogP contribution in [-0.4, -0.2) is 30.3 Å². The Bertz CT molecular complexity index is 247. The lowest BCUT2D eigenvalue weighted by Gasteiger charge is -2.22. The van der Waals surface area contributed by atoms with Crippen LogP contribution in [0.3, 0.4) is 0 Å². The van der Waals surface area contributed by atoms with Gasteiger partial charge in [-0.15, -0.1) is 0 Å². The van der Waals surface area contributed by atoms with Gasteiger partial charge in [-0.05, 0) is 33.1 Å². The molecule has 4 nitrogen and oxygen atoms in total. The molecule has 0 aromatic carbocycles. The molecular weight excluding hydrogens is 180 g/mol. The van der Waals surface area contributed by atoms with Crippen LogP contribution >= 0.6 is 0 Å². The monoisotopic (exact) mass is 198 g/mol. The number of rotatable bonds is 1. The molecule has 1 aliphatic heterocycles. The second-order valence-electron chi connectivity index (χ2n) is 5.17. The van der Waals surface area contributed by atoms with E-state index in [4.69, 9.17) is 4.74 Å². The van der Waals surface area contributed by atoms with E-state index >= 15 is 0 Å². The summed E-state index contributed by atoms with van der Waals surface area (Å²) < 4.78 is 5.19. The maximum absolute atomic E-state index is 11.4.